The Kier molecular flexibility index (Phi) is 8.63. The molecular weight excluding hydrogens is 605 g/mol. The molecule has 1 atom stereocenters. The van der Waals surface area contributed by atoms with Crippen molar-refractivity contribution in [2.75, 3.05) is 0 Å². The first-order valence-electron chi connectivity index (χ1n) is 10.8. The lowest BCUT2D eigenvalue weighted by Crippen LogP contribution is -2.40. The molecule has 37 heavy (non-hydrogen) atoms. The molecule has 0 bridgehead atoms. The predicted molar refractivity (Wildman–Crippen MR) is 123 cm³/mol. The topological polar surface area (TPSA) is 29.1 Å². The molecule has 1 unspecified atom stereocenters. The highest BCUT2D eigenvalue weighted by Gasteiger charge is 2.41. The first-order chi connectivity index (χ1) is 17.0. The van der Waals surface area contributed by atoms with Crippen LogP contribution in [0.25, 0.3) is 5.83 Å². The molecule has 3 rings (SSSR count). The van der Waals surface area contributed by atoms with Crippen molar-refractivity contribution in [2.45, 2.75) is 55.9 Å². The van der Waals surface area contributed by atoms with E-state index in [1.807, 2.05) is 0 Å². The maximum atomic E-state index is 14.9. The number of nitrogens with one attached hydrogen (secondary N) is 1. The van der Waals surface area contributed by atoms with Crippen LogP contribution < -0.4 is 5.32 Å². The van der Waals surface area contributed by atoms with Gasteiger partial charge in [0.15, 0.2) is 0 Å². The van der Waals surface area contributed by atoms with E-state index in [1.54, 1.807) is 0 Å². The molecule has 0 heterocycles. The number of rotatable bonds is 5. The molecule has 1 saturated carbocycles. The molecule has 2 aromatic rings. The molecule has 2 nitrogen and oxygen atoms in total. The van der Waals surface area contributed by atoms with Crippen molar-refractivity contribution in [3.8, 4) is 0 Å². The molecular formula is C24H18BrClF9NO. The Morgan fingerprint density at radius 1 is 1.05 bits per heavy atom. The van der Waals surface area contributed by atoms with Crippen LogP contribution in [0.15, 0.2) is 46.9 Å². The molecule has 0 radical (unpaired) electrons. The average molecular weight is 623 g/mol. The fourth-order valence-electron chi connectivity index (χ4n) is 3.95. The van der Waals surface area contributed by atoms with Gasteiger partial charge in [0.25, 0.3) is 5.91 Å². The van der Waals surface area contributed by atoms with Gasteiger partial charge in [0.2, 0.25) is 5.92 Å². The number of hydrogen-bond donors (Lipinski definition) is 1. The maximum Gasteiger partial charge on any atom is 0.417 e. The van der Waals surface area contributed by atoms with Gasteiger partial charge >= 0.3 is 12.4 Å². The molecule has 13 heteroatoms. The van der Waals surface area contributed by atoms with Gasteiger partial charge in [-0.25, -0.2) is 13.2 Å². The Bertz CT molecular complexity index is 1160. The van der Waals surface area contributed by atoms with E-state index in [-0.39, 0.29) is 34.5 Å². The number of carbonyl (C=O) groups is 1. The van der Waals surface area contributed by atoms with E-state index in [4.69, 9.17) is 11.6 Å². The van der Waals surface area contributed by atoms with E-state index in [1.165, 1.54) is 6.07 Å². The minimum absolute atomic E-state index is 0.0798. The van der Waals surface area contributed by atoms with Crippen LogP contribution >= 0.6 is 27.5 Å². The van der Waals surface area contributed by atoms with Crippen molar-refractivity contribution in [3.05, 3.63) is 74.2 Å². The number of allylic oxidation sites excluding steroid dienone is 1. The third-order valence-corrected chi connectivity index (χ3v) is 6.48. The third-order valence-electron chi connectivity index (χ3n) is 5.81. The molecule has 1 fully saturated rings. The second kappa shape index (κ2) is 10.9. The number of carbonyl (C=O) groups excluding carboxylic acids is 1. The molecule has 0 aromatic heterocycles. The quantitative estimate of drug-likeness (QED) is 0.331. The highest BCUT2D eigenvalue weighted by Crippen LogP contribution is 2.41. The van der Waals surface area contributed by atoms with Crippen molar-refractivity contribution in [2.24, 2.45) is 0 Å². The molecule has 2 aromatic carbocycles. The van der Waals surface area contributed by atoms with Gasteiger partial charge in [-0.05, 0) is 54.8 Å². The normalized spacial score (nSPS) is 18.0. The largest absolute Gasteiger partial charge is 0.417 e. The predicted octanol–water partition coefficient (Wildman–Crippen LogP) is 9.09. The lowest BCUT2D eigenvalue weighted by atomic mass is 9.91. The molecule has 1 aliphatic rings. The van der Waals surface area contributed by atoms with Crippen molar-refractivity contribution in [3.63, 3.8) is 0 Å². The Morgan fingerprint density at radius 2 is 1.68 bits per heavy atom. The third kappa shape index (κ3) is 7.66. The standard InChI is InChI=1S/C24H18BrClF9NO/c25-14-7-13(8-15(26)10-14)18(23(30,31)32)11-20(27)12-1-2-17(19(9-12)24(33,34)35)21(37)36-16-3-5-22(28,29)6-4-16/h1-2,7-11,16,18H,3-6H2,(H,36,37)/b20-11-. The van der Waals surface area contributed by atoms with Crippen LogP contribution in [-0.2, 0) is 6.18 Å². The second-order valence-corrected chi connectivity index (χ2v) is 9.95. The Labute approximate surface area is 219 Å². The maximum absolute atomic E-state index is 14.9. The number of halogens is 11. The van der Waals surface area contributed by atoms with Crippen molar-refractivity contribution < 1.29 is 44.3 Å². The Morgan fingerprint density at radius 3 is 2.22 bits per heavy atom. The van der Waals surface area contributed by atoms with Gasteiger partial charge in [0.1, 0.15) is 11.7 Å². The lowest BCUT2D eigenvalue weighted by molar-refractivity contribution is -0.140. The SMILES string of the molecule is O=C(NC1CCC(F)(F)CC1)c1ccc(/C(F)=C/C(c2cc(Cl)cc(Br)c2)C(F)(F)F)cc1C(F)(F)F. The molecule has 0 spiro atoms. The summed E-state index contributed by atoms with van der Waals surface area (Å²) in [7, 11) is 0. The van der Waals surface area contributed by atoms with E-state index in [9.17, 15) is 44.3 Å². The fourth-order valence-corrected chi connectivity index (χ4v) is 4.84. The van der Waals surface area contributed by atoms with E-state index >= 15 is 0 Å². The zero-order valence-corrected chi connectivity index (χ0v) is 20.9. The van der Waals surface area contributed by atoms with Gasteiger partial charge < -0.3 is 5.32 Å². The van der Waals surface area contributed by atoms with Crippen molar-refractivity contribution in [1.82, 2.24) is 5.32 Å². The first-order valence-corrected chi connectivity index (χ1v) is 11.9. The average Bonchev–Trinajstić information content (AvgIpc) is 2.76. The minimum Gasteiger partial charge on any atom is -0.349 e. The molecule has 202 valence electrons. The van der Waals surface area contributed by atoms with Crippen LogP contribution in [0.4, 0.5) is 39.5 Å². The zero-order chi connectivity index (χ0) is 27.8. The van der Waals surface area contributed by atoms with E-state index < -0.39 is 77.1 Å². The number of amides is 1. The molecule has 1 N–H and O–H groups in total. The van der Waals surface area contributed by atoms with E-state index in [0.29, 0.717) is 6.07 Å². The summed E-state index contributed by atoms with van der Waals surface area (Å²) in [6, 6.07) is 4.12. The van der Waals surface area contributed by atoms with Crippen molar-refractivity contribution in [1.29, 1.82) is 0 Å². The summed E-state index contributed by atoms with van der Waals surface area (Å²) >= 11 is 8.77. The lowest BCUT2D eigenvalue weighted by Gasteiger charge is -2.29. The highest BCUT2D eigenvalue weighted by atomic mass is 79.9. The van der Waals surface area contributed by atoms with Crippen LogP contribution in [0.1, 0.15) is 58.6 Å². The summed E-state index contributed by atoms with van der Waals surface area (Å²) in [5.74, 6) is -8.27. The number of hydrogen-bond acceptors (Lipinski definition) is 1. The summed E-state index contributed by atoms with van der Waals surface area (Å²) in [6.45, 7) is 0. The fraction of sp³-hybridized carbons (Fsp3) is 0.375. The monoisotopic (exact) mass is 621 g/mol. The number of alkyl halides is 8. The molecule has 0 aliphatic heterocycles. The molecule has 1 amide bonds. The van der Waals surface area contributed by atoms with Gasteiger partial charge in [-0.3, -0.25) is 4.79 Å². The van der Waals surface area contributed by atoms with Crippen LogP contribution in [0.2, 0.25) is 5.02 Å². The molecule has 1 aliphatic carbocycles. The summed E-state index contributed by atoms with van der Waals surface area (Å²) in [5, 5.41) is 2.19. The Hall–Kier alpha value is -2.21. The zero-order valence-electron chi connectivity index (χ0n) is 18.6. The summed E-state index contributed by atoms with van der Waals surface area (Å²) in [6.07, 6.45) is -11.4. The van der Waals surface area contributed by atoms with Crippen LogP contribution in [-0.4, -0.2) is 24.0 Å². The van der Waals surface area contributed by atoms with Gasteiger partial charge in [-0.2, -0.15) is 26.3 Å². The van der Waals surface area contributed by atoms with Gasteiger partial charge in [-0.1, -0.05) is 33.6 Å². The van der Waals surface area contributed by atoms with Crippen LogP contribution in [0.5, 0.6) is 0 Å². The van der Waals surface area contributed by atoms with E-state index in [0.717, 1.165) is 18.2 Å². The smallest absolute Gasteiger partial charge is 0.349 e. The molecule has 0 saturated heterocycles. The number of benzene rings is 2. The van der Waals surface area contributed by atoms with Gasteiger partial charge in [0, 0.05) is 33.9 Å². The minimum atomic E-state index is -5.16. The summed E-state index contributed by atoms with van der Waals surface area (Å²) in [4.78, 5) is 12.5. The van der Waals surface area contributed by atoms with Gasteiger partial charge in [-0.15, -0.1) is 0 Å². The van der Waals surface area contributed by atoms with E-state index in [2.05, 4.69) is 21.2 Å². The van der Waals surface area contributed by atoms with Gasteiger partial charge in [0.05, 0.1) is 11.1 Å². The van der Waals surface area contributed by atoms with Crippen LogP contribution in [0, 0.1) is 0 Å². The second-order valence-electron chi connectivity index (χ2n) is 8.60. The van der Waals surface area contributed by atoms with Crippen molar-refractivity contribution >= 4 is 39.3 Å². The summed E-state index contributed by atoms with van der Waals surface area (Å²) < 4.78 is 124. The first kappa shape index (κ1) is 29.3. The summed E-state index contributed by atoms with van der Waals surface area (Å²) in [5.41, 5.74) is -3.78. The van der Waals surface area contributed by atoms with Crippen LogP contribution in [0.3, 0.4) is 0 Å². The Balaban J connectivity index is 1.95. The highest BCUT2D eigenvalue weighted by molar-refractivity contribution is 9.10.